The molecule has 0 saturated carbocycles. The number of benzene rings is 1. The summed E-state index contributed by atoms with van der Waals surface area (Å²) < 4.78 is 20.8. The molecule has 0 bridgehead atoms. The average molecular weight is 474 g/mol. The number of rotatable bonds is 4. The van der Waals surface area contributed by atoms with Crippen LogP contribution in [0.15, 0.2) is 55.0 Å². The van der Waals surface area contributed by atoms with Gasteiger partial charge in [-0.3, -0.25) is 9.20 Å². The molecule has 1 fully saturated rings. The van der Waals surface area contributed by atoms with Gasteiger partial charge in [-0.15, -0.1) is 0 Å². The largest absolute Gasteiger partial charge is 0.389 e. The van der Waals surface area contributed by atoms with Crippen molar-refractivity contribution in [1.29, 1.82) is 0 Å². The number of hydrogen-bond donors (Lipinski definition) is 3. The number of nitrogens with one attached hydrogen (secondary N) is 2. The number of halogens is 1. The van der Waals surface area contributed by atoms with Gasteiger partial charge in [0.05, 0.1) is 54.3 Å². The summed E-state index contributed by atoms with van der Waals surface area (Å²) >= 11 is 0. The molecule has 1 unspecified atom stereocenters. The Morgan fingerprint density at radius 2 is 2.09 bits per heavy atom. The first-order valence-corrected chi connectivity index (χ1v) is 11.4. The van der Waals surface area contributed by atoms with Crippen molar-refractivity contribution in [3.8, 4) is 11.3 Å². The van der Waals surface area contributed by atoms with E-state index in [1.807, 2.05) is 29.2 Å². The van der Waals surface area contributed by atoms with Gasteiger partial charge in [-0.05, 0) is 29.8 Å². The molecular weight excluding hydrogens is 451 g/mol. The summed E-state index contributed by atoms with van der Waals surface area (Å²) in [5.41, 5.74) is 5.08. The van der Waals surface area contributed by atoms with Crippen molar-refractivity contribution in [2.75, 3.05) is 36.5 Å². The van der Waals surface area contributed by atoms with Gasteiger partial charge in [-0.25, -0.2) is 14.4 Å². The maximum Gasteiger partial charge on any atom is 0.254 e. The summed E-state index contributed by atoms with van der Waals surface area (Å²) in [4.78, 5) is 23.6. The molecule has 9 nitrogen and oxygen atoms in total. The molecule has 10 heteroatoms. The molecule has 0 radical (unpaired) electrons. The van der Waals surface area contributed by atoms with Crippen molar-refractivity contribution in [3.63, 3.8) is 0 Å². The molecule has 2 aliphatic rings. The minimum atomic E-state index is -0.540. The minimum absolute atomic E-state index is 0.167. The Labute approximate surface area is 200 Å². The highest BCUT2D eigenvalue weighted by Crippen LogP contribution is 2.35. The zero-order chi connectivity index (χ0) is 23.9. The number of nitrogens with zero attached hydrogens (tertiary/aromatic N) is 4. The van der Waals surface area contributed by atoms with E-state index in [1.165, 1.54) is 12.1 Å². The second kappa shape index (κ2) is 8.64. The van der Waals surface area contributed by atoms with Crippen LogP contribution in [-0.4, -0.2) is 57.8 Å². The third-order valence-corrected chi connectivity index (χ3v) is 6.34. The minimum Gasteiger partial charge on any atom is -0.389 e. The molecule has 3 N–H and O–H groups in total. The molecular formula is C25H23FN6O3. The molecule has 0 aliphatic carbocycles. The number of aliphatic hydroxyl groups excluding tert-OH is 1. The third kappa shape index (κ3) is 3.96. The number of carbonyl (C=O) groups excluding carboxylic acids is 1. The van der Waals surface area contributed by atoms with Crippen LogP contribution in [0.2, 0.25) is 0 Å². The van der Waals surface area contributed by atoms with Crippen LogP contribution in [0.1, 0.15) is 15.9 Å². The van der Waals surface area contributed by atoms with Crippen LogP contribution in [0, 0.1) is 5.82 Å². The highest BCUT2D eigenvalue weighted by atomic mass is 19.1. The van der Waals surface area contributed by atoms with Gasteiger partial charge in [0.1, 0.15) is 17.3 Å². The molecule has 1 saturated heterocycles. The second-order valence-corrected chi connectivity index (χ2v) is 8.61. The van der Waals surface area contributed by atoms with Crippen LogP contribution in [0.3, 0.4) is 0 Å². The summed E-state index contributed by atoms with van der Waals surface area (Å²) in [6.07, 6.45) is 4.52. The molecule has 0 spiro atoms. The molecule has 4 aromatic rings. The number of ether oxygens (including phenoxy) is 1. The third-order valence-electron chi connectivity index (χ3n) is 6.34. The fourth-order valence-electron chi connectivity index (χ4n) is 4.66. The van der Waals surface area contributed by atoms with Gasteiger partial charge in [0, 0.05) is 37.5 Å². The van der Waals surface area contributed by atoms with E-state index < -0.39 is 6.10 Å². The lowest BCUT2D eigenvalue weighted by molar-refractivity contribution is 0.0597. The van der Waals surface area contributed by atoms with Gasteiger partial charge in [-0.2, -0.15) is 0 Å². The standard InChI is InChI=1S/C25H23FN6O3/c26-15-5-6-32-21(12-28-23(32)9-15)18-2-3-20(24-19(18)11-29-25(24)34)30-22-4-1-16(10-27-22)31-7-8-35-14-17(33)13-31/h1-6,9-10,12,17,33H,7-8,11,13-14H2,(H,27,30)(H,29,34). The molecule has 1 aromatic carbocycles. The molecule has 3 aromatic heterocycles. The summed E-state index contributed by atoms with van der Waals surface area (Å²) in [5, 5.41) is 16.2. The van der Waals surface area contributed by atoms with Crippen LogP contribution in [0.5, 0.6) is 0 Å². The maximum absolute atomic E-state index is 13.6. The summed E-state index contributed by atoms with van der Waals surface area (Å²) in [6.45, 7) is 2.43. The number of pyridine rings is 2. The van der Waals surface area contributed by atoms with Crippen LogP contribution in [0.4, 0.5) is 21.6 Å². The fraction of sp³-hybridized carbons (Fsp3) is 0.240. The van der Waals surface area contributed by atoms with E-state index in [0.717, 1.165) is 22.5 Å². The Bertz CT molecular complexity index is 1420. The van der Waals surface area contributed by atoms with Crippen LogP contribution in [0.25, 0.3) is 16.9 Å². The Morgan fingerprint density at radius 3 is 2.94 bits per heavy atom. The SMILES string of the molecule is O=C1NCc2c(-c3cnc4cc(F)ccn34)ccc(Nc3ccc(N4CCOCC(O)C4)cn3)c21. The van der Waals surface area contributed by atoms with E-state index >= 15 is 0 Å². The van der Waals surface area contributed by atoms with E-state index in [0.29, 0.717) is 55.6 Å². The van der Waals surface area contributed by atoms with Crippen LogP contribution < -0.4 is 15.5 Å². The highest BCUT2D eigenvalue weighted by molar-refractivity contribution is 6.06. The monoisotopic (exact) mass is 474 g/mol. The van der Waals surface area contributed by atoms with Crippen LogP contribution >= 0.6 is 0 Å². The molecule has 35 heavy (non-hydrogen) atoms. The molecule has 6 rings (SSSR count). The number of fused-ring (bicyclic) bond motifs is 2. The number of hydrogen-bond acceptors (Lipinski definition) is 7. The van der Waals surface area contributed by atoms with Gasteiger partial charge >= 0.3 is 0 Å². The number of anilines is 3. The van der Waals surface area contributed by atoms with Crippen molar-refractivity contribution in [2.45, 2.75) is 12.6 Å². The maximum atomic E-state index is 13.6. The number of aliphatic hydroxyl groups is 1. The number of β-amino-alcohol motifs (C(OH)–C–C–N with tert-alkyl or cyclic N) is 1. The molecule has 2 aliphatic heterocycles. The second-order valence-electron chi connectivity index (χ2n) is 8.61. The van der Waals surface area contributed by atoms with Crippen molar-refractivity contribution >= 4 is 28.7 Å². The first-order chi connectivity index (χ1) is 17.1. The van der Waals surface area contributed by atoms with Crippen LogP contribution in [-0.2, 0) is 11.3 Å². The van der Waals surface area contributed by atoms with E-state index in [-0.39, 0.29) is 11.7 Å². The van der Waals surface area contributed by atoms with Gasteiger partial charge in [0.25, 0.3) is 5.91 Å². The fourth-order valence-corrected chi connectivity index (χ4v) is 4.66. The number of amides is 1. The molecule has 178 valence electrons. The number of aromatic nitrogens is 3. The summed E-state index contributed by atoms with van der Waals surface area (Å²) in [7, 11) is 0. The lowest BCUT2D eigenvalue weighted by Gasteiger charge is -2.23. The Balaban J connectivity index is 1.30. The molecule has 1 atom stereocenters. The van der Waals surface area contributed by atoms with Gasteiger partial charge in [0.2, 0.25) is 0 Å². The average Bonchev–Trinajstić information content (AvgIpc) is 3.38. The predicted molar refractivity (Wildman–Crippen MR) is 128 cm³/mol. The smallest absolute Gasteiger partial charge is 0.254 e. The van der Waals surface area contributed by atoms with Crippen molar-refractivity contribution in [2.24, 2.45) is 0 Å². The predicted octanol–water partition coefficient (Wildman–Crippen LogP) is 2.72. The van der Waals surface area contributed by atoms with E-state index in [2.05, 4.69) is 20.6 Å². The van der Waals surface area contributed by atoms with Gasteiger partial charge < -0.3 is 25.4 Å². The van der Waals surface area contributed by atoms with Crippen molar-refractivity contribution in [3.05, 3.63) is 71.9 Å². The van der Waals surface area contributed by atoms with Gasteiger partial charge in [0.15, 0.2) is 0 Å². The van der Waals surface area contributed by atoms with E-state index in [4.69, 9.17) is 4.74 Å². The first kappa shape index (κ1) is 21.5. The van der Waals surface area contributed by atoms with E-state index in [1.54, 1.807) is 23.0 Å². The zero-order valence-corrected chi connectivity index (χ0v) is 18.7. The summed E-state index contributed by atoms with van der Waals surface area (Å²) in [5.74, 6) is 0.0785. The molecule has 1 amide bonds. The van der Waals surface area contributed by atoms with Crippen molar-refractivity contribution < 1.29 is 19.0 Å². The summed E-state index contributed by atoms with van der Waals surface area (Å²) in [6, 6.07) is 10.3. The Hall–Kier alpha value is -4.02. The number of imidazole rings is 1. The normalized spacial score (nSPS) is 17.8. The number of carbonyl (C=O) groups is 1. The molecule has 5 heterocycles. The highest BCUT2D eigenvalue weighted by Gasteiger charge is 2.27. The lowest BCUT2D eigenvalue weighted by atomic mass is 9.99. The van der Waals surface area contributed by atoms with E-state index in [9.17, 15) is 14.3 Å². The first-order valence-electron chi connectivity index (χ1n) is 11.4. The van der Waals surface area contributed by atoms with Crippen molar-refractivity contribution in [1.82, 2.24) is 19.7 Å². The Morgan fingerprint density at radius 1 is 1.17 bits per heavy atom. The topological polar surface area (TPSA) is 104 Å². The van der Waals surface area contributed by atoms with Gasteiger partial charge in [-0.1, -0.05) is 6.07 Å². The quantitative estimate of drug-likeness (QED) is 0.418. The zero-order valence-electron chi connectivity index (χ0n) is 18.7. The Kier molecular flexibility index (Phi) is 5.31. The lowest BCUT2D eigenvalue weighted by Crippen LogP contribution is -2.32.